The minimum atomic E-state index is -4.41. The number of ether oxygens (including phenoxy) is 1. The quantitative estimate of drug-likeness (QED) is 0.393. The summed E-state index contributed by atoms with van der Waals surface area (Å²) in [5.41, 5.74) is -1.18. The predicted molar refractivity (Wildman–Crippen MR) is 56.7 cm³/mol. The first-order chi connectivity index (χ1) is 6.87. The minimum absolute atomic E-state index is 0.779. The smallest absolute Gasteiger partial charge is 0.339 e. The van der Waals surface area contributed by atoms with Gasteiger partial charge in [0.2, 0.25) is 0 Å². The second-order valence-electron chi connectivity index (χ2n) is 3.80. The van der Waals surface area contributed by atoms with E-state index in [1.807, 2.05) is 0 Å². The molecule has 0 aromatic carbocycles. The fourth-order valence-electron chi connectivity index (χ4n) is 0.959. The first-order valence-electron chi connectivity index (χ1n) is 4.27. The third-order valence-corrected chi connectivity index (χ3v) is 3.39. The molecule has 0 rings (SSSR count). The predicted octanol–water partition coefficient (Wildman–Crippen LogP) is -0.0587. The third kappa shape index (κ3) is 6.73. The van der Waals surface area contributed by atoms with Crippen LogP contribution in [0, 0.1) is 0 Å². The van der Waals surface area contributed by atoms with Crippen LogP contribution in [0.2, 0.25) is 0 Å². The number of rotatable bonds is 6. The van der Waals surface area contributed by atoms with E-state index in [1.54, 1.807) is 0 Å². The second-order valence-corrected chi connectivity index (χ2v) is 7.03. The molecule has 0 atom stereocenters. The van der Waals surface area contributed by atoms with Gasteiger partial charge in [0.05, 0.1) is 0 Å². The van der Waals surface area contributed by atoms with Crippen LogP contribution in [0.1, 0.15) is 13.8 Å². The van der Waals surface area contributed by atoms with Gasteiger partial charge in [-0.3, -0.25) is 14.0 Å². The van der Waals surface area contributed by atoms with Gasteiger partial charge in [-0.2, -0.15) is 0 Å². The number of hydrogen-bond acceptors (Lipinski definition) is 4. The highest BCUT2D eigenvalue weighted by atomic mass is 31.2. The fourth-order valence-corrected chi connectivity index (χ4v) is 2.89. The molecule has 8 nitrogen and oxygen atoms in total. The van der Waals surface area contributed by atoms with Crippen molar-refractivity contribution in [2.45, 2.75) is 19.6 Å². The highest BCUT2D eigenvalue weighted by Gasteiger charge is 2.35. The summed E-state index contributed by atoms with van der Waals surface area (Å²) in [6.07, 6.45) is -1.56. The zero-order chi connectivity index (χ0) is 13.2. The summed E-state index contributed by atoms with van der Waals surface area (Å²) in [6.45, 7) is 2.91. The van der Waals surface area contributed by atoms with Gasteiger partial charge in [-0.05, 0) is 13.8 Å². The van der Waals surface area contributed by atoms with Gasteiger partial charge in [0.25, 0.3) is 0 Å². The Morgan fingerprint density at radius 1 is 1.06 bits per heavy atom. The van der Waals surface area contributed by atoms with Gasteiger partial charge in [-0.25, -0.2) is 0 Å². The first kappa shape index (κ1) is 16.2. The molecular weight excluding hydrogens is 260 g/mol. The third-order valence-electron chi connectivity index (χ3n) is 1.97. The fraction of sp³-hybridized carbons (Fsp3) is 1.00. The van der Waals surface area contributed by atoms with Crippen LogP contribution in [0.15, 0.2) is 0 Å². The van der Waals surface area contributed by atoms with Crippen molar-refractivity contribution in [3.05, 3.63) is 0 Å². The lowest BCUT2D eigenvalue weighted by molar-refractivity contribution is -0.0956. The molecule has 0 unspecified atom stereocenters. The van der Waals surface area contributed by atoms with Gasteiger partial charge in [0, 0.05) is 7.11 Å². The standard InChI is InChI=1S/C6H17NO7P2/c1-6(2,14-3)7(4-15(8,9)10)5-16(11,12)13/h4-5H2,1-3H3,(H2,8,9,10)(H2,11,12,13). The Bertz CT molecular complexity index is 295. The van der Waals surface area contributed by atoms with Crippen LogP contribution >= 0.6 is 15.2 Å². The molecule has 98 valence electrons. The van der Waals surface area contributed by atoms with Crippen LogP contribution in [-0.2, 0) is 13.9 Å². The Balaban J connectivity index is 4.93. The van der Waals surface area contributed by atoms with Gasteiger partial charge in [-0.15, -0.1) is 0 Å². The number of hydrogen-bond donors (Lipinski definition) is 4. The Morgan fingerprint density at radius 3 is 1.56 bits per heavy atom. The van der Waals surface area contributed by atoms with Crippen molar-refractivity contribution in [2.75, 3.05) is 19.7 Å². The topological polar surface area (TPSA) is 128 Å². The van der Waals surface area contributed by atoms with E-state index in [0.29, 0.717) is 0 Å². The summed E-state index contributed by atoms with van der Waals surface area (Å²) in [4.78, 5) is 36.1. The van der Waals surface area contributed by atoms with Gasteiger partial charge in [0.1, 0.15) is 18.3 Å². The van der Waals surface area contributed by atoms with Crippen molar-refractivity contribution < 1.29 is 33.4 Å². The molecule has 0 aromatic heterocycles. The summed E-state index contributed by atoms with van der Waals surface area (Å²) in [5.74, 6) is 0. The van der Waals surface area contributed by atoms with Crippen LogP contribution in [0.3, 0.4) is 0 Å². The van der Waals surface area contributed by atoms with Crippen LogP contribution in [0.25, 0.3) is 0 Å². The molecule has 0 fully saturated rings. The van der Waals surface area contributed by atoms with E-state index < -0.39 is 33.5 Å². The Hall–Kier alpha value is 0.220. The minimum Gasteiger partial charge on any atom is -0.364 e. The van der Waals surface area contributed by atoms with Gasteiger partial charge >= 0.3 is 15.2 Å². The van der Waals surface area contributed by atoms with E-state index >= 15 is 0 Å². The molecule has 0 heterocycles. The lowest BCUT2D eigenvalue weighted by Crippen LogP contribution is -2.46. The van der Waals surface area contributed by atoms with Crippen molar-refractivity contribution in [2.24, 2.45) is 0 Å². The van der Waals surface area contributed by atoms with Gasteiger partial charge in [-0.1, -0.05) is 0 Å². The van der Waals surface area contributed by atoms with E-state index in [2.05, 4.69) is 0 Å². The largest absolute Gasteiger partial charge is 0.364 e. The van der Waals surface area contributed by atoms with Crippen LogP contribution < -0.4 is 0 Å². The van der Waals surface area contributed by atoms with E-state index in [0.717, 1.165) is 4.90 Å². The molecule has 10 heteroatoms. The lowest BCUT2D eigenvalue weighted by atomic mass is 10.3. The molecule has 16 heavy (non-hydrogen) atoms. The summed E-state index contributed by atoms with van der Waals surface area (Å²) in [5, 5.41) is 0. The van der Waals surface area contributed by atoms with Gasteiger partial charge in [0.15, 0.2) is 0 Å². The van der Waals surface area contributed by atoms with Crippen molar-refractivity contribution in [3.8, 4) is 0 Å². The van der Waals surface area contributed by atoms with E-state index in [4.69, 9.17) is 24.3 Å². The maximum Gasteiger partial charge on any atom is 0.339 e. The highest BCUT2D eigenvalue weighted by Crippen LogP contribution is 2.43. The molecule has 0 radical (unpaired) electrons. The first-order valence-corrected chi connectivity index (χ1v) is 7.86. The molecule has 0 amide bonds. The normalized spacial score (nSPS) is 14.5. The Morgan fingerprint density at radius 2 is 1.38 bits per heavy atom. The Labute approximate surface area is 93.5 Å². The maximum absolute atomic E-state index is 10.8. The zero-order valence-electron chi connectivity index (χ0n) is 9.27. The molecule has 4 N–H and O–H groups in total. The van der Waals surface area contributed by atoms with Crippen LogP contribution in [-0.4, -0.2) is 49.9 Å². The highest BCUT2D eigenvalue weighted by molar-refractivity contribution is 7.52. The molecule has 0 aliphatic rings. The monoisotopic (exact) mass is 277 g/mol. The maximum atomic E-state index is 10.8. The van der Waals surface area contributed by atoms with Crippen molar-refractivity contribution in [3.63, 3.8) is 0 Å². The van der Waals surface area contributed by atoms with Crippen molar-refractivity contribution >= 4 is 15.2 Å². The summed E-state index contributed by atoms with van der Waals surface area (Å²) in [6, 6.07) is 0. The van der Waals surface area contributed by atoms with E-state index in [-0.39, 0.29) is 0 Å². The lowest BCUT2D eigenvalue weighted by Gasteiger charge is -2.36. The molecule has 0 spiro atoms. The van der Waals surface area contributed by atoms with Gasteiger partial charge < -0.3 is 24.3 Å². The number of methoxy groups -OCH3 is 1. The molecular formula is C6H17NO7P2. The molecule has 0 aliphatic heterocycles. The molecule has 0 bridgehead atoms. The average molecular weight is 277 g/mol. The Kier molecular flexibility index (Phi) is 5.32. The van der Waals surface area contributed by atoms with Crippen LogP contribution in [0.4, 0.5) is 0 Å². The summed E-state index contributed by atoms with van der Waals surface area (Å²) >= 11 is 0. The zero-order valence-corrected chi connectivity index (χ0v) is 11.1. The van der Waals surface area contributed by atoms with Crippen LogP contribution in [0.5, 0.6) is 0 Å². The summed E-state index contributed by atoms with van der Waals surface area (Å²) < 4.78 is 26.6. The van der Waals surface area contributed by atoms with E-state index in [1.165, 1.54) is 21.0 Å². The molecule has 0 saturated heterocycles. The number of nitrogens with zero attached hydrogens (tertiary/aromatic N) is 1. The molecule has 0 aliphatic carbocycles. The average Bonchev–Trinajstić information content (AvgIpc) is 1.97. The SMILES string of the molecule is COC(C)(C)N(CP(=O)(O)O)CP(=O)(O)O. The van der Waals surface area contributed by atoms with E-state index in [9.17, 15) is 9.13 Å². The van der Waals surface area contributed by atoms with Crippen molar-refractivity contribution in [1.29, 1.82) is 0 Å². The molecule has 0 saturated carbocycles. The van der Waals surface area contributed by atoms with Crippen molar-refractivity contribution in [1.82, 2.24) is 4.90 Å². The summed E-state index contributed by atoms with van der Waals surface area (Å²) in [7, 11) is -7.55. The second kappa shape index (κ2) is 5.25. The molecule has 0 aromatic rings.